The molecule has 1 aliphatic rings. The fraction of sp³-hybridized carbons (Fsp3) is 1.00. The standard InChI is InChI=1S/C12H31NO2SSi3/c1-17(2,3)13(18(4,5)6)12-19(7)14-8-10-16-11-9-15-19/h8-12H2,1-7H3. The molecule has 7 heteroatoms. The molecule has 0 aliphatic carbocycles. The van der Waals surface area contributed by atoms with Crippen molar-refractivity contribution < 1.29 is 8.85 Å². The molecule has 1 aliphatic heterocycles. The van der Waals surface area contributed by atoms with Crippen molar-refractivity contribution in [1.29, 1.82) is 0 Å². The molecule has 0 N–H and O–H groups in total. The predicted octanol–water partition coefficient (Wildman–Crippen LogP) is 3.35. The van der Waals surface area contributed by atoms with Crippen LogP contribution in [0.25, 0.3) is 0 Å². The van der Waals surface area contributed by atoms with Crippen LogP contribution >= 0.6 is 11.8 Å². The predicted molar refractivity (Wildman–Crippen MR) is 94.2 cm³/mol. The van der Waals surface area contributed by atoms with Gasteiger partial charge in [0.25, 0.3) is 0 Å². The highest BCUT2D eigenvalue weighted by atomic mass is 32.2. The van der Waals surface area contributed by atoms with Crippen LogP contribution in [0.5, 0.6) is 0 Å². The topological polar surface area (TPSA) is 21.7 Å². The van der Waals surface area contributed by atoms with Gasteiger partial charge in [-0.05, 0) is 6.55 Å². The van der Waals surface area contributed by atoms with E-state index in [4.69, 9.17) is 8.85 Å². The smallest absolute Gasteiger partial charge is 0.348 e. The van der Waals surface area contributed by atoms with Gasteiger partial charge in [0, 0.05) is 30.9 Å². The maximum atomic E-state index is 6.19. The highest BCUT2D eigenvalue weighted by Crippen LogP contribution is 2.24. The van der Waals surface area contributed by atoms with Gasteiger partial charge in [0.2, 0.25) is 0 Å². The summed E-state index contributed by atoms with van der Waals surface area (Å²) in [5.74, 6) is 2.23. The minimum atomic E-state index is -2.02. The van der Waals surface area contributed by atoms with Crippen molar-refractivity contribution in [3.63, 3.8) is 0 Å². The van der Waals surface area contributed by atoms with E-state index < -0.39 is 25.0 Å². The first kappa shape index (κ1) is 17.9. The van der Waals surface area contributed by atoms with E-state index in [2.05, 4.69) is 50.1 Å². The van der Waals surface area contributed by atoms with E-state index in [1.807, 2.05) is 11.8 Å². The molecular formula is C12H31NO2SSi3. The summed E-state index contributed by atoms with van der Waals surface area (Å²) >= 11 is 1.94. The fourth-order valence-corrected chi connectivity index (χ4v) is 19.0. The van der Waals surface area contributed by atoms with Gasteiger partial charge in [0.1, 0.15) is 16.5 Å². The maximum absolute atomic E-state index is 6.19. The Morgan fingerprint density at radius 2 is 1.37 bits per heavy atom. The van der Waals surface area contributed by atoms with E-state index in [-0.39, 0.29) is 0 Å². The van der Waals surface area contributed by atoms with Gasteiger partial charge in [-0.15, -0.1) is 0 Å². The van der Waals surface area contributed by atoms with E-state index in [0.717, 1.165) is 30.9 Å². The third-order valence-electron chi connectivity index (χ3n) is 3.33. The van der Waals surface area contributed by atoms with Gasteiger partial charge in [-0.2, -0.15) is 11.8 Å². The Kier molecular flexibility index (Phi) is 6.38. The summed E-state index contributed by atoms with van der Waals surface area (Å²) < 4.78 is 15.2. The van der Waals surface area contributed by atoms with Crippen LogP contribution in [0.15, 0.2) is 0 Å². The highest BCUT2D eigenvalue weighted by Gasteiger charge is 2.43. The quantitative estimate of drug-likeness (QED) is 0.733. The Morgan fingerprint density at radius 1 is 0.947 bits per heavy atom. The first-order valence-electron chi connectivity index (χ1n) is 7.18. The van der Waals surface area contributed by atoms with Crippen molar-refractivity contribution in [1.82, 2.24) is 4.23 Å². The van der Waals surface area contributed by atoms with Crippen LogP contribution < -0.4 is 0 Å². The molecule has 19 heavy (non-hydrogen) atoms. The summed E-state index contributed by atoms with van der Waals surface area (Å²) in [6.07, 6.45) is 1.06. The normalized spacial score (nSPS) is 22.1. The van der Waals surface area contributed by atoms with E-state index in [9.17, 15) is 0 Å². The summed E-state index contributed by atoms with van der Waals surface area (Å²) in [7, 11) is -4.65. The van der Waals surface area contributed by atoms with Gasteiger partial charge < -0.3 is 13.1 Å². The average molecular weight is 338 g/mol. The second kappa shape index (κ2) is 6.76. The lowest BCUT2D eigenvalue weighted by Crippen LogP contribution is -2.65. The lowest BCUT2D eigenvalue weighted by atomic mass is 10.9. The van der Waals surface area contributed by atoms with E-state index >= 15 is 0 Å². The summed E-state index contributed by atoms with van der Waals surface area (Å²) in [5.41, 5.74) is 0. The van der Waals surface area contributed by atoms with Gasteiger partial charge in [-0.1, -0.05) is 39.3 Å². The van der Waals surface area contributed by atoms with Gasteiger partial charge >= 0.3 is 8.56 Å². The second-order valence-corrected chi connectivity index (χ2v) is 22.0. The average Bonchev–Trinajstić information content (AvgIpc) is 2.18. The third kappa shape index (κ3) is 6.03. The molecule has 0 aromatic rings. The van der Waals surface area contributed by atoms with Crippen LogP contribution in [-0.4, -0.2) is 60.2 Å². The number of hydrogen-bond acceptors (Lipinski definition) is 4. The molecule has 0 amide bonds. The molecule has 0 aromatic carbocycles. The Morgan fingerprint density at radius 3 is 1.74 bits per heavy atom. The van der Waals surface area contributed by atoms with Crippen LogP contribution in [0.2, 0.25) is 45.8 Å². The molecule has 1 heterocycles. The molecule has 0 bridgehead atoms. The Hall–Kier alpha value is 0.881. The van der Waals surface area contributed by atoms with Gasteiger partial charge in [-0.3, -0.25) is 0 Å². The largest absolute Gasteiger partial charge is 0.393 e. The van der Waals surface area contributed by atoms with Crippen LogP contribution in [0.4, 0.5) is 0 Å². The minimum absolute atomic E-state index is 0.860. The van der Waals surface area contributed by atoms with Crippen LogP contribution in [0.1, 0.15) is 0 Å². The molecule has 114 valence electrons. The van der Waals surface area contributed by atoms with Crippen LogP contribution in [-0.2, 0) is 8.85 Å². The lowest BCUT2D eigenvalue weighted by Gasteiger charge is -2.47. The summed E-state index contributed by atoms with van der Waals surface area (Å²) in [4.78, 5) is 0. The Labute approximate surface area is 126 Å². The molecule has 1 saturated heterocycles. The number of thioether (sulfide) groups is 1. The Bertz CT molecular complexity index is 270. The molecule has 1 rings (SSSR count). The molecule has 1 fully saturated rings. The van der Waals surface area contributed by atoms with Gasteiger partial charge in [0.05, 0.1) is 0 Å². The summed E-state index contributed by atoms with van der Waals surface area (Å²) in [6.45, 7) is 18.7. The molecule has 0 unspecified atom stereocenters. The SMILES string of the molecule is C[Si]1(CN([Si](C)(C)C)[Si](C)(C)C)OCCSCCO1. The highest BCUT2D eigenvalue weighted by molar-refractivity contribution is 7.99. The number of rotatable bonds is 4. The molecule has 0 radical (unpaired) electrons. The van der Waals surface area contributed by atoms with E-state index in [0.29, 0.717) is 0 Å². The van der Waals surface area contributed by atoms with Crippen LogP contribution in [0.3, 0.4) is 0 Å². The molecule has 0 saturated carbocycles. The van der Waals surface area contributed by atoms with Crippen molar-refractivity contribution >= 4 is 36.8 Å². The number of hydrogen-bond donors (Lipinski definition) is 0. The van der Waals surface area contributed by atoms with Crippen molar-refractivity contribution in [3.05, 3.63) is 0 Å². The lowest BCUT2D eigenvalue weighted by molar-refractivity contribution is 0.183. The first-order chi connectivity index (χ1) is 8.55. The minimum Gasteiger partial charge on any atom is -0.393 e. The molecule has 0 aromatic heterocycles. The van der Waals surface area contributed by atoms with Crippen molar-refractivity contribution in [2.75, 3.05) is 30.9 Å². The second-order valence-electron chi connectivity index (χ2n) is 7.37. The van der Waals surface area contributed by atoms with Gasteiger partial charge in [0.15, 0.2) is 0 Å². The third-order valence-corrected chi connectivity index (χ3v) is 15.0. The Balaban J connectivity index is 2.81. The zero-order valence-electron chi connectivity index (χ0n) is 13.7. The molecular weight excluding hydrogens is 306 g/mol. The molecule has 3 nitrogen and oxygen atoms in total. The van der Waals surface area contributed by atoms with E-state index in [1.54, 1.807) is 0 Å². The fourth-order valence-electron chi connectivity index (χ4n) is 2.64. The molecule has 0 spiro atoms. The number of nitrogens with zero attached hydrogens (tertiary/aromatic N) is 1. The maximum Gasteiger partial charge on any atom is 0.348 e. The van der Waals surface area contributed by atoms with Gasteiger partial charge in [-0.25, -0.2) is 0 Å². The molecule has 0 atom stereocenters. The zero-order chi connectivity index (χ0) is 14.7. The van der Waals surface area contributed by atoms with Crippen molar-refractivity contribution in [2.24, 2.45) is 0 Å². The van der Waals surface area contributed by atoms with Crippen LogP contribution in [0, 0.1) is 0 Å². The van der Waals surface area contributed by atoms with Crippen molar-refractivity contribution in [3.8, 4) is 0 Å². The zero-order valence-corrected chi connectivity index (χ0v) is 17.5. The van der Waals surface area contributed by atoms with E-state index in [1.165, 1.54) is 0 Å². The summed E-state index contributed by atoms with van der Waals surface area (Å²) in [5, 5.41) is 0. The monoisotopic (exact) mass is 337 g/mol. The van der Waals surface area contributed by atoms with Crippen molar-refractivity contribution in [2.45, 2.75) is 45.8 Å². The summed E-state index contributed by atoms with van der Waals surface area (Å²) in [6, 6.07) is 0. The first-order valence-corrected chi connectivity index (χ1v) is 17.8.